The summed E-state index contributed by atoms with van der Waals surface area (Å²) in [4.78, 5) is 15.0. The maximum absolute atomic E-state index is 5.30. The minimum atomic E-state index is 0.502. The number of aromatic nitrogens is 3. The summed E-state index contributed by atoms with van der Waals surface area (Å²) < 4.78 is 5.30. The zero-order chi connectivity index (χ0) is 16.4. The van der Waals surface area contributed by atoms with Gasteiger partial charge in [0.1, 0.15) is 5.82 Å². The second-order valence-corrected chi connectivity index (χ2v) is 6.77. The van der Waals surface area contributed by atoms with Crippen molar-refractivity contribution in [1.29, 1.82) is 0 Å². The summed E-state index contributed by atoms with van der Waals surface area (Å²) in [6.07, 6.45) is 10.2. The van der Waals surface area contributed by atoms with Crippen LogP contribution in [0.25, 0.3) is 0 Å². The first-order valence-electron chi connectivity index (χ1n) is 8.88. The van der Waals surface area contributed by atoms with Crippen LogP contribution >= 0.6 is 0 Å². The van der Waals surface area contributed by atoms with E-state index in [9.17, 15) is 0 Å². The van der Waals surface area contributed by atoms with Gasteiger partial charge in [0.25, 0.3) is 0 Å². The summed E-state index contributed by atoms with van der Waals surface area (Å²) in [5.74, 6) is 2.37. The van der Waals surface area contributed by atoms with E-state index >= 15 is 0 Å². The van der Waals surface area contributed by atoms with Crippen LogP contribution in [0.4, 0.5) is 17.5 Å². The quantitative estimate of drug-likeness (QED) is 0.849. The minimum Gasteiger partial charge on any atom is -0.380 e. The van der Waals surface area contributed by atoms with Crippen molar-refractivity contribution in [3.8, 4) is 0 Å². The number of aromatic amines is 1. The number of ether oxygens (including phenoxy) is 1. The fourth-order valence-corrected chi connectivity index (χ4v) is 3.26. The van der Waals surface area contributed by atoms with Crippen LogP contribution in [0, 0.1) is 0 Å². The fraction of sp³-hybridized carbons (Fsp3) is 0.556. The van der Waals surface area contributed by atoms with Crippen molar-refractivity contribution in [2.24, 2.45) is 0 Å². The second kappa shape index (κ2) is 6.81. The standard InChI is InChI=1S/C18H25N5O/c1-24-12-14-10-20-18(23-7-3-2-4-8-23)22-17(14)21-15-9-16(19-11-15)13-5-6-13/h9-11,13,19H,2-8,12H2,1H3,(H,20,21,22). The molecule has 1 saturated heterocycles. The lowest BCUT2D eigenvalue weighted by atomic mass is 10.1. The first-order valence-corrected chi connectivity index (χ1v) is 8.88. The highest BCUT2D eigenvalue weighted by Gasteiger charge is 2.25. The number of anilines is 3. The Hall–Kier alpha value is -2.08. The van der Waals surface area contributed by atoms with E-state index in [1.165, 1.54) is 37.8 Å². The van der Waals surface area contributed by atoms with Gasteiger partial charge in [-0.2, -0.15) is 4.98 Å². The van der Waals surface area contributed by atoms with E-state index in [1.54, 1.807) is 7.11 Å². The van der Waals surface area contributed by atoms with Crippen molar-refractivity contribution in [2.45, 2.75) is 44.6 Å². The first kappa shape index (κ1) is 15.4. The molecule has 0 radical (unpaired) electrons. The van der Waals surface area contributed by atoms with Crippen molar-refractivity contribution >= 4 is 17.5 Å². The molecule has 0 atom stereocenters. The molecule has 0 spiro atoms. The van der Waals surface area contributed by atoms with Crippen LogP contribution in [0.3, 0.4) is 0 Å². The number of nitrogens with one attached hydrogen (secondary N) is 2. The number of rotatable bonds is 6. The summed E-state index contributed by atoms with van der Waals surface area (Å²) in [5.41, 5.74) is 3.35. The van der Waals surface area contributed by atoms with Crippen LogP contribution < -0.4 is 10.2 Å². The molecule has 6 nitrogen and oxygen atoms in total. The van der Waals surface area contributed by atoms with Gasteiger partial charge in [-0.05, 0) is 44.1 Å². The van der Waals surface area contributed by atoms with Crippen LogP contribution in [0.5, 0.6) is 0 Å². The monoisotopic (exact) mass is 327 g/mol. The predicted octanol–water partition coefficient (Wildman–Crippen LogP) is 3.56. The Kier molecular flexibility index (Phi) is 4.38. The Balaban J connectivity index is 1.57. The summed E-state index contributed by atoms with van der Waals surface area (Å²) in [6.45, 7) is 2.58. The fourth-order valence-electron chi connectivity index (χ4n) is 3.26. The molecule has 2 aromatic heterocycles. The minimum absolute atomic E-state index is 0.502. The van der Waals surface area contributed by atoms with Gasteiger partial charge in [0.2, 0.25) is 5.95 Å². The van der Waals surface area contributed by atoms with Gasteiger partial charge in [0, 0.05) is 43.9 Å². The molecule has 1 saturated carbocycles. The first-order chi connectivity index (χ1) is 11.8. The molecule has 1 aliphatic heterocycles. The van der Waals surface area contributed by atoms with E-state index in [0.717, 1.165) is 36.1 Å². The largest absolute Gasteiger partial charge is 0.380 e. The molecule has 0 aromatic carbocycles. The molecule has 2 aliphatic rings. The number of piperidine rings is 1. The third-order valence-electron chi connectivity index (χ3n) is 4.78. The molecule has 3 heterocycles. The second-order valence-electron chi connectivity index (χ2n) is 6.77. The molecule has 6 heteroatoms. The third-order valence-corrected chi connectivity index (χ3v) is 4.78. The summed E-state index contributed by atoms with van der Waals surface area (Å²) in [7, 11) is 1.70. The van der Waals surface area contributed by atoms with Crippen molar-refractivity contribution < 1.29 is 4.74 Å². The molecule has 4 rings (SSSR count). The van der Waals surface area contributed by atoms with Crippen molar-refractivity contribution in [3.05, 3.63) is 29.7 Å². The Morgan fingerprint density at radius 1 is 1.29 bits per heavy atom. The molecule has 24 heavy (non-hydrogen) atoms. The number of hydrogen-bond donors (Lipinski definition) is 2. The Labute approximate surface area is 142 Å². The van der Waals surface area contributed by atoms with Crippen LogP contribution in [-0.2, 0) is 11.3 Å². The SMILES string of the molecule is COCc1cnc(N2CCCCC2)nc1Nc1c[nH]c(C2CC2)c1. The lowest BCUT2D eigenvalue weighted by Gasteiger charge is -2.27. The van der Waals surface area contributed by atoms with E-state index < -0.39 is 0 Å². The highest BCUT2D eigenvalue weighted by molar-refractivity contribution is 5.61. The molecule has 0 unspecified atom stereocenters. The van der Waals surface area contributed by atoms with Gasteiger partial charge in [-0.3, -0.25) is 0 Å². The molecule has 0 bridgehead atoms. The number of hydrogen-bond acceptors (Lipinski definition) is 5. The third kappa shape index (κ3) is 3.38. The summed E-state index contributed by atoms with van der Waals surface area (Å²) >= 11 is 0. The van der Waals surface area contributed by atoms with E-state index in [0.29, 0.717) is 12.5 Å². The zero-order valence-electron chi connectivity index (χ0n) is 14.2. The Morgan fingerprint density at radius 2 is 2.12 bits per heavy atom. The number of H-pyrrole nitrogens is 1. The van der Waals surface area contributed by atoms with E-state index in [4.69, 9.17) is 9.72 Å². The molecule has 2 aromatic rings. The van der Waals surface area contributed by atoms with Gasteiger partial charge in [-0.1, -0.05) is 0 Å². The van der Waals surface area contributed by atoms with Crippen molar-refractivity contribution in [3.63, 3.8) is 0 Å². The smallest absolute Gasteiger partial charge is 0.227 e. The van der Waals surface area contributed by atoms with Gasteiger partial charge >= 0.3 is 0 Å². The van der Waals surface area contributed by atoms with Gasteiger partial charge in [-0.15, -0.1) is 0 Å². The lowest BCUT2D eigenvalue weighted by molar-refractivity contribution is 0.185. The zero-order valence-corrected chi connectivity index (χ0v) is 14.2. The van der Waals surface area contributed by atoms with E-state index in [1.807, 2.05) is 12.4 Å². The molecule has 128 valence electrons. The van der Waals surface area contributed by atoms with Gasteiger partial charge in [0.15, 0.2) is 0 Å². The van der Waals surface area contributed by atoms with Crippen LogP contribution in [0.1, 0.15) is 49.3 Å². The molecular formula is C18H25N5O. The predicted molar refractivity (Wildman–Crippen MR) is 94.9 cm³/mol. The maximum atomic E-state index is 5.30. The highest BCUT2D eigenvalue weighted by atomic mass is 16.5. The Morgan fingerprint density at radius 3 is 2.88 bits per heavy atom. The topological polar surface area (TPSA) is 66.1 Å². The van der Waals surface area contributed by atoms with Crippen LogP contribution in [0.2, 0.25) is 0 Å². The average molecular weight is 327 g/mol. The van der Waals surface area contributed by atoms with E-state index in [2.05, 4.69) is 26.3 Å². The van der Waals surface area contributed by atoms with Gasteiger partial charge < -0.3 is 19.9 Å². The van der Waals surface area contributed by atoms with Crippen LogP contribution in [-0.4, -0.2) is 35.2 Å². The molecule has 0 amide bonds. The van der Waals surface area contributed by atoms with Gasteiger partial charge in [0.05, 0.1) is 12.3 Å². The molecular weight excluding hydrogens is 302 g/mol. The Bertz CT molecular complexity index is 688. The number of nitrogens with zero attached hydrogens (tertiary/aromatic N) is 3. The highest BCUT2D eigenvalue weighted by Crippen LogP contribution is 2.40. The normalized spacial score (nSPS) is 18.0. The molecule has 2 fully saturated rings. The molecule has 1 aliphatic carbocycles. The number of methoxy groups -OCH3 is 1. The summed E-state index contributed by atoms with van der Waals surface area (Å²) in [5, 5.41) is 3.45. The molecule has 2 N–H and O–H groups in total. The lowest BCUT2D eigenvalue weighted by Crippen LogP contribution is -2.31. The van der Waals surface area contributed by atoms with E-state index in [-0.39, 0.29) is 0 Å². The summed E-state index contributed by atoms with van der Waals surface area (Å²) in [6, 6.07) is 2.19. The van der Waals surface area contributed by atoms with Gasteiger partial charge in [-0.25, -0.2) is 4.98 Å². The van der Waals surface area contributed by atoms with Crippen molar-refractivity contribution in [1.82, 2.24) is 15.0 Å². The average Bonchev–Trinajstić information content (AvgIpc) is 3.37. The van der Waals surface area contributed by atoms with Crippen LogP contribution in [0.15, 0.2) is 18.5 Å². The maximum Gasteiger partial charge on any atom is 0.227 e. The van der Waals surface area contributed by atoms with Crippen molar-refractivity contribution in [2.75, 3.05) is 30.4 Å².